The summed E-state index contributed by atoms with van der Waals surface area (Å²) in [7, 11) is 5.42. The van der Waals surface area contributed by atoms with Crippen LogP contribution in [0.5, 0.6) is 0 Å². The topological polar surface area (TPSA) is 114 Å². The van der Waals surface area contributed by atoms with Gasteiger partial charge in [-0.2, -0.15) is 10.0 Å². The number of aryl methyl sites for hydroxylation is 2. The second-order valence-corrected chi connectivity index (χ2v) is 15.6. The number of rotatable bonds is 6. The number of hydrazine groups is 2. The Kier molecular flexibility index (Phi) is 11.1. The van der Waals surface area contributed by atoms with Crippen LogP contribution in [0.1, 0.15) is 31.8 Å². The minimum Gasteiger partial charge on any atom is -0.267 e. The van der Waals surface area contributed by atoms with Crippen molar-refractivity contribution in [3.8, 4) is 0 Å². The summed E-state index contributed by atoms with van der Waals surface area (Å²) in [6.07, 6.45) is 0. The van der Waals surface area contributed by atoms with Crippen LogP contribution in [0, 0.1) is 13.8 Å². The third-order valence-corrected chi connectivity index (χ3v) is 11.5. The van der Waals surface area contributed by atoms with Gasteiger partial charge in [0.05, 0.1) is 22.7 Å². The molecular weight excluding hydrogens is 729 g/mol. The van der Waals surface area contributed by atoms with Gasteiger partial charge in [0, 0.05) is 11.1 Å². The van der Waals surface area contributed by atoms with E-state index in [1.807, 2.05) is 123 Å². The largest absolute Gasteiger partial charge is 0.278 e. The van der Waals surface area contributed by atoms with Gasteiger partial charge in [-0.15, -0.1) is 0 Å². The highest BCUT2D eigenvalue weighted by Gasteiger charge is 2.31. The van der Waals surface area contributed by atoms with Crippen molar-refractivity contribution in [2.75, 3.05) is 0 Å². The molecule has 2 aliphatic heterocycles. The monoisotopic (exact) mass is 758 g/mol. The molecule has 2 fully saturated rings. The molecule has 14 heteroatoms. The standard InChI is InChI=1S/C38H30N8O2S4/c1-25-13-21-31(22-14-25)39-35-43-45(37(51-49-35)41-29-9-5-3-6-10-29)33(47)27-17-19-28(20-18-27)34(48)46-38(42-30-11-7-4-8-12-30)52-50-36(44-46)40-32-23-15-26(2)16-24-32/h3-24H,1-2H3,(H,39,43)(H,40,44). The highest BCUT2D eigenvalue weighted by molar-refractivity contribution is 8.87. The maximum Gasteiger partial charge on any atom is 0.278 e. The Morgan fingerprint density at radius 2 is 0.788 bits per heavy atom. The number of benzene rings is 5. The van der Waals surface area contributed by atoms with E-state index in [-0.39, 0.29) is 11.8 Å². The van der Waals surface area contributed by atoms with E-state index < -0.39 is 0 Å². The van der Waals surface area contributed by atoms with Crippen molar-refractivity contribution in [2.24, 2.45) is 20.0 Å². The molecule has 258 valence electrons. The number of amides is 2. The summed E-state index contributed by atoms with van der Waals surface area (Å²) in [6, 6.07) is 41.0. The fraction of sp³-hybridized carbons (Fsp3) is 0.0526. The smallest absolute Gasteiger partial charge is 0.267 e. The quantitative estimate of drug-likeness (QED) is 0.165. The molecule has 2 N–H and O–H groups in total. The molecule has 52 heavy (non-hydrogen) atoms. The summed E-state index contributed by atoms with van der Waals surface area (Å²) in [5.74, 6) is -0.722. The Labute approximate surface area is 316 Å². The first-order valence-electron chi connectivity index (χ1n) is 16.0. The first-order chi connectivity index (χ1) is 25.4. The van der Waals surface area contributed by atoms with Crippen LogP contribution < -0.4 is 10.9 Å². The molecule has 10 nitrogen and oxygen atoms in total. The van der Waals surface area contributed by atoms with Gasteiger partial charge in [-0.25, -0.2) is 20.0 Å². The minimum atomic E-state index is -0.361. The lowest BCUT2D eigenvalue weighted by molar-refractivity contribution is 0.0814. The predicted molar refractivity (Wildman–Crippen MR) is 219 cm³/mol. The van der Waals surface area contributed by atoms with Crippen LogP contribution in [0.4, 0.5) is 22.7 Å². The number of carbonyl (C=O) groups excluding carboxylic acids is 2. The number of hydrogen-bond acceptors (Lipinski definition) is 10. The molecule has 5 aromatic rings. The van der Waals surface area contributed by atoms with Crippen molar-refractivity contribution in [2.45, 2.75) is 13.8 Å². The van der Waals surface area contributed by atoms with Crippen LogP contribution in [0.15, 0.2) is 153 Å². The first-order valence-corrected chi connectivity index (χ1v) is 20.3. The molecule has 7 rings (SSSR count). The van der Waals surface area contributed by atoms with E-state index >= 15 is 0 Å². The van der Waals surface area contributed by atoms with E-state index in [0.717, 1.165) is 22.5 Å². The Hall–Kier alpha value is -5.28. The van der Waals surface area contributed by atoms with Crippen LogP contribution in [0.3, 0.4) is 0 Å². The molecule has 5 aromatic carbocycles. The van der Waals surface area contributed by atoms with Gasteiger partial charge in [-0.3, -0.25) is 20.4 Å². The lowest BCUT2D eigenvalue weighted by Gasteiger charge is -2.30. The molecular formula is C38H30N8O2S4. The number of para-hydroxylation sites is 2. The summed E-state index contributed by atoms with van der Waals surface area (Å²) in [5, 5.41) is 4.71. The number of carbonyl (C=O) groups is 2. The molecule has 0 radical (unpaired) electrons. The van der Waals surface area contributed by atoms with Crippen LogP contribution >= 0.6 is 43.2 Å². The zero-order chi connectivity index (χ0) is 35.9. The van der Waals surface area contributed by atoms with Crippen molar-refractivity contribution in [1.82, 2.24) is 20.9 Å². The highest BCUT2D eigenvalue weighted by atomic mass is 33.1. The van der Waals surface area contributed by atoms with Crippen LogP contribution in [0.25, 0.3) is 0 Å². The maximum atomic E-state index is 14.1. The van der Waals surface area contributed by atoms with E-state index in [0.29, 0.717) is 43.2 Å². The van der Waals surface area contributed by atoms with Gasteiger partial charge in [0.1, 0.15) is 0 Å². The normalized spacial score (nSPS) is 17.7. The maximum absolute atomic E-state index is 14.1. The molecule has 2 amide bonds. The van der Waals surface area contributed by atoms with Gasteiger partial charge in [-0.1, -0.05) is 71.8 Å². The Bertz CT molecular complexity index is 2040. The fourth-order valence-corrected chi connectivity index (χ4v) is 8.34. The van der Waals surface area contributed by atoms with Gasteiger partial charge >= 0.3 is 0 Å². The predicted octanol–water partition coefficient (Wildman–Crippen LogP) is 9.74. The highest BCUT2D eigenvalue weighted by Crippen LogP contribution is 2.35. The summed E-state index contributed by atoms with van der Waals surface area (Å²) in [4.78, 5) is 47.0. The number of hydrogen-bond donors (Lipinski definition) is 2. The van der Waals surface area contributed by atoms with Crippen molar-refractivity contribution >= 4 is 98.4 Å². The van der Waals surface area contributed by atoms with Crippen LogP contribution in [-0.4, -0.2) is 42.5 Å². The summed E-state index contributed by atoms with van der Waals surface area (Å²) >= 11 is 0. The molecule has 2 heterocycles. The molecule has 0 aromatic heterocycles. The van der Waals surface area contributed by atoms with Crippen LogP contribution in [0.2, 0.25) is 0 Å². The van der Waals surface area contributed by atoms with Crippen molar-refractivity contribution < 1.29 is 9.59 Å². The van der Waals surface area contributed by atoms with Gasteiger partial charge in [-0.05, 0) is 130 Å². The minimum absolute atomic E-state index is 0.350. The van der Waals surface area contributed by atoms with Gasteiger partial charge in [0.25, 0.3) is 11.8 Å². The number of amidine groups is 4. The molecule has 0 spiro atoms. The van der Waals surface area contributed by atoms with E-state index in [1.165, 1.54) is 53.2 Å². The van der Waals surface area contributed by atoms with Crippen molar-refractivity contribution in [1.29, 1.82) is 0 Å². The second-order valence-electron chi connectivity index (χ2n) is 11.4. The van der Waals surface area contributed by atoms with Crippen molar-refractivity contribution in [3.63, 3.8) is 0 Å². The van der Waals surface area contributed by atoms with Gasteiger partial charge < -0.3 is 0 Å². The van der Waals surface area contributed by atoms with E-state index in [2.05, 4.69) is 10.9 Å². The van der Waals surface area contributed by atoms with E-state index in [4.69, 9.17) is 20.0 Å². The van der Waals surface area contributed by atoms with Gasteiger partial charge in [0.2, 0.25) is 10.3 Å². The average molecular weight is 759 g/mol. The van der Waals surface area contributed by atoms with Gasteiger partial charge in [0.15, 0.2) is 10.3 Å². The Balaban J connectivity index is 1.15. The van der Waals surface area contributed by atoms with E-state index in [9.17, 15) is 9.59 Å². The molecule has 0 saturated carbocycles. The fourth-order valence-electron chi connectivity index (χ4n) is 4.76. The Morgan fingerprint density at radius 3 is 1.15 bits per heavy atom. The number of nitrogens with zero attached hydrogens (tertiary/aromatic N) is 6. The molecule has 0 atom stereocenters. The molecule has 2 saturated heterocycles. The summed E-state index contributed by atoms with van der Waals surface area (Å²) < 4.78 is 0. The zero-order valence-electron chi connectivity index (χ0n) is 27.8. The van der Waals surface area contributed by atoms with Crippen LogP contribution in [-0.2, 0) is 0 Å². The lowest BCUT2D eigenvalue weighted by atomic mass is 10.1. The first kappa shape index (κ1) is 35.1. The molecule has 2 aliphatic rings. The molecule has 0 bridgehead atoms. The van der Waals surface area contributed by atoms with E-state index in [1.54, 1.807) is 24.3 Å². The average Bonchev–Trinajstić information content (AvgIpc) is 3.18. The van der Waals surface area contributed by atoms with Crippen molar-refractivity contribution in [3.05, 3.63) is 156 Å². The SMILES string of the molecule is Cc1ccc(N=C2NN(C(=O)c3ccc(C(=O)N4NC(=Nc5ccc(C)cc5)SSC4=Nc4ccccc4)cc3)C(=Nc3ccccc3)SS2)cc1. The molecule has 0 aliphatic carbocycles. The third kappa shape index (κ3) is 8.77. The second kappa shape index (κ2) is 16.4. The number of nitrogens with one attached hydrogen (secondary N) is 2. The Morgan fingerprint density at radius 1 is 0.442 bits per heavy atom. The lowest BCUT2D eigenvalue weighted by Crippen LogP contribution is -2.50. The molecule has 0 unspecified atom stereocenters. The number of aliphatic imine (C=N–C) groups is 4. The summed E-state index contributed by atoms with van der Waals surface area (Å²) in [6.45, 7) is 4.03. The zero-order valence-corrected chi connectivity index (χ0v) is 31.1. The summed E-state index contributed by atoms with van der Waals surface area (Å²) in [5.41, 5.74) is 12.2. The third-order valence-electron chi connectivity index (χ3n) is 7.46.